The summed E-state index contributed by atoms with van der Waals surface area (Å²) in [6.45, 7) is 0. The molecule has 0 aliphatic carbocycles. The third-order valence-corrected chi connectivity index (χ3v) is 11.4. The molecular weight excluding hydrogens is 737 g/mol. The highest BCUT2D eigenvalue weighted by Gasteiger charge is 2.18. The Labute approximate surface area is 344 Å². The van der Waals surface area contributed by atoms with Crippen molar-refractivity contribution in [3.05, 3.63) is 194 Å². The minimum absolute atomic E-state index is 0.602. The first-order valence-corrected chi connectivity index (χ1v) is 20.0. The maximum Gasteiger partial charge on any atom is 0.227 e. The molecule has 0 spiro atoms. The van der Waals surface area contributed by atoms with E-state index in [0.717, 1.165) is 93.7 Å². The highest BCUT2D eigenvalue weighted by Crippen LogP contribution is 2.40. The van der Waals surface area contributed by atoms with Crippen LogP contribution in [0.15, 0.2) is 203 Å². The number of aromatic nitrogens is 4. The van der Waals surface area contributed by atoms with Gasteiger partial charge in [0.15, 0.2) is 23.1 Å². The summed E-state index contributed by atoms with van der Waals surface area (Å²) < 4.78 is 12.9. The smallest absolute Gasteiger partial charge is 0.227 e. The van der Waals surface area contributed by atoms with Gasteiger partial charge in [0.1, 0.15) is 16.7 Å². The number of rotatable bonds is 6. The lowest BCUT2D eigenvalue weighted by molar-refractivity contribution is 0.621. The summed E-state index contributed by atoms with van der Waals surface area (Å²) in [5.74, 6) is 2.52. The first-order valence-electron chi connectivity index (χ1n) is 20.0. The fourth-order valence-electron chi connectivity index (χ4n) is 8.43. The number of oxazole rings is 1. The van der Waals surface area contributed by atoms with E-state index in [1.807, 2.05) is 84.9 Å². The molecule has 0 saturated heterocycles. The Morgan fingerprint density at radius 2 is 0.817 bits per heavy atom. The molecule has 9 aromatic carbocycles. The summed E-state index contributed by atoms with van der Waals surface area (Å²) in [4.78, 5) is 19.6. The van der Waals surface area contributed by atoms with E-state index in [9.17, 15) is 0 Å². The standard InChI is InChI=1S/C54H32N4O2/c1-3-13-35(14-4-1)51-56-52(36-15-5-2-6-16-36)58-53(57-51)37-24-22-34(23-25-37)40-28-29-41(43-20-10-9-19-42(40)43)38-26-27-44-46-31-50-47(32-49(46)59-48(44)30-38)55-54(60-50)45-21-11-17-33-12-7-8-18-39(33)45/h1-32H. The number of benzene rings is 9. The molecule has 3 aromatic heterocycles. The third kappa shape index (κ3) is 5.73. The van der Waals surface area contributed by atoms with E-state index < -0.39 is 0 Å². The number of fused-ring (bicyclic) bond motifs is 6. The lowest BCUT2D eigenvalue weighted by Gasteiger charge is -2.13. The predicted octanol–water partition coefficient (Wildman–Crippen LogP) is 14.2. The van der Waals surface area contributed by atoms with E-state index in [2.05, 4.69) is 109 Å². The second kappa shape index (κ2) is 13.7. The SMILES string of the molecule is c1ccc(-c2nc(-c3ccccc3)nc(-c3ccc(-c4ccc(-c5ccc6c(c5)oc5cc7nc(-c8cccc9ccccc89)oc7cc56)c5ccccc45)cc3)n2)cc1. The Bertz CT molecular complexity index is 3530. The first-order chi connectivity index (χ1) is 29.7. The van der Waals surface area contributed by atoms with Crippen LogP contribution in [-0.2, 0) is 0 Å². The number of hydrogen-bond donors (Lipinski definition) is 0. The predicted molar refractivity (Wildman–Crippen MR) is 242 cm³/mol. The molecule has 6 heteroatoms. The van der Waals surface area contributed by atoms with Gasteiger partial charge in [-0.15, -0.1) is 0 Å². The molecule has 6 nitrogen and oxygen atoms in total. The number of hydrogen-bond acceptors (Lipinski definition) is 6. The molecule has 0 atom stereocenters. The van der Waals surface area contributed by atoms with Gasteiger partial charge in [0.2, 0.25) is 5.89 Å². The highest BCUT2D eigenvalue weighted by atomic mass is 16.4. The van der Waals surface area contributed by atoms with Crippen molar-refractivity contribution in [3.8, 4) is 67.9 Å². The Hall–Kier alpha value is -8.22. The molecule has 3 heterocycles. The number of furan rings is 1. The molecule has 0 radical (unpaired) electrons. The lowest BCUT2D eigenvalue weighted by Crippen LogP contribution is -2.00. The van der Waals surface area contributed by atoms with Crippen LogP contribution in [0.25, 0.3) is 122 Å². The van der Waals surface area contributed by atoms with Gasteiger partial charge in [-0.1, -0.05) is 164 Å². The van der Waals surface area contributed by atoms with Gasteiger partial charge in [-0.3, -0.25) is 0 Å². The van der Waals surface area contributed by atoms with Gasteiger partial charge in [-0.2, -0.15) is 0 Å². The van der Waals surface area contributed by atoms with Crippen LogP contribution in [0.4, 0.5) is 0 Å². The van der Waals surface area contributed by atoms with Gasteiger partial charge >= 0.3 is 0 Å². The molecule has 0 aliphatic rings. The van der Waals surface area contributed by atoms with Crippen molar-refractivity contribution in [3.63, 3.8) is 0 Å². The van der Waals surface area contributed by atoms with Crippen molar-refractivity contribution in [2.45, 2.75) is 0 Å². The molecular formula is C54H32N4O2. The molecule has 0 amide bonds. The Kier molecular flexibility index (Phi) is 7.74. The van der Waals surface area contributed by atoms with Crippen molar-refractivity contribution in [2.75, 3.05) is 0 Å². The molecule has 12 rings (SSSR count). The Morgan fingerprint density at radius 1 is 0.283 bits per heavy atom. The summed E-state index contributed by atoms with van der Waals surface area (Å²) in [5.41, 5.74) is 11.3. The third-order valence-electron chi connectivity index (χ3n) is 11.4. The van der Waals surface area contributed by atoms with Gasteiger partial charge in [0.25, 0.3) is 0 Å². The van der Waals surface area contributed by atoms with Crippen LogP contribution in [0.2, 0.25) is 0 Å². The molecule has 280 valence electrons. The van der Waals surface area contributed by atoms with Gasteiger partial charge in [-0.25, -0.2) is 19.9 Å². The topological polar surface area (TPSA) is 77.8 Å². The zero-order chi connectivity index (χ0) is 39.6. The van der Waals surface area contributed by atoms with Crippen LogP contribution in [0.3, 0.4) is 0 Å². The first kappa shape index (κ1) is 33.9. The van der Waals surface area contributed by atoms with Crippen molar-refractivity contribution in [1.29, 1.82) is 0 Å². The quantitative estimate of drug-likeness (QED) is 0.168. The Balaban J connectivity index is 0.890. The lowest BCUT2D eigenvalue weighted by atomic mass is 9.91. The zero-order valence-corrected chi connectivity index (χ0v) is 32.1. The van der Waals surface area contributed by atoms with E-state index >= 15 is 0 Å². The van der Waals surface area contributed by atoms with Crippen molar-refractivity contribution < 1.29 is 8.83 Å². The minimum atomic E-state index is 0.602. The van der Waals surface area contributed by atoms with E-state index in [4.69, 9.17) is 28.8 Å². The summed E-state index contributed by atoms with van der Waals surface area (Å²) in [5, 5.41) is 6.62. The van der Waals surface area contributed by atoms with Crippen molar-refractivity contribution in [2.24, 2.45) is 0 Å². The van der Waals surface area contributed by atoms with Crippen LogP contribution >= 0.6 is 0 Å². The van der Waals surface area contributed by atoms with Crippen molar-refractivity contribution in [1.82, 2.24) is 19.9 Å². The Morgan fingerprint density at radius 3 is 1.50 bits per heavy atom. The minimum Gasteiger partial charge on any atom is -0.456 e. The van der Waals surface area contributed by atoms with E-state index in [1.54, 1.807) is 0 Å². The largest absolute Gasteiger partial charge is 0.456 e. The van der Waals surface area contributed by atoms with Crippen LogP contribution in [0.1, 0.15) is 0 Å². The average molecular weight is 769 g/mol. The molecule has 0 aliphatic heterocycles. The normalized spacial score (nSPS) is 11.7. The number of nitrogens with zero attached hydrogens (tertiary/aromatic N) is 4. The fourth-order valence-corrected chi connectivity index (χ4v) is 8.43. The molecule has 0 N–H and O–H groups in total. The highest BCUT2D eigenvalue weighted by molar-refractivity contribution is 6.11. The van der Waals surface area contributed by atoms with Crippen molar-refractivity contribution >= 4 is 54.6 Å². The van der Waals surface area contributed by atoms with Gasteiger partial charge in [-0.05, 0) is 68.1 Å². The molecule has 60 heavy (non-hydrogen) atoms. The molecule has 0 unspecified atom stereocenters. The van der Waals surface area contributed by atoms with Crippen LogP contribution < -0.4 is 0 Å². The van der Waals surface area contributed by atoms with Crippen LogP contribution in [0, 0.1) is 0 Å². The monoisotopic (exact) mass is 768 g/mol. The van der Waals surface area contributed by atoms with Gasteiger partial charge < -0.3 is 8.83 Å². The molecule has 0 bridgehead atoms. The molecule has 0 fully saturated rings. The van der Waals surface area contributed by atoms with Crippen LogP contribution in [0.5, 0.6) is 0 Å². The second-order valence-electron chi connectivity index (χ2n) is 15.0. The van der Waals surface area contributed by atoms with E-state index in [-0.39, 0.29) is 0 Å². The van der Waals surface area contributed by atoms with Gasteiger partial charge in [0.05, 0.1) is 0 Å². The summed E-state index contributed by atoms with van der Waals surface area (Å²) >= 11 is 0. The maximum absolute atomic E-state index is 6.53. The second-order valence-corrected chi connectivity index (χ2v) is 15.0. The van der Waals surface area contributed by atoms with Crippen LogP contribution in [-0.4, -0.2) is 19.9 Å². The molecule has 0 saturated carbocycles. The summed E-state index contributed by atoms with van der Waals surface area (Å²) in [6.07, 6.45) is 0. The maximum atomic E-state index is 6.53. The van der Waals surface area contributed by atoms with Gasteiger partial charge in [0, 0.05) is 39.1 Å². The average Bonchev–Trinajstić information content (AvgIpc) is 3.90. The fraction of sp³-hybridized carbons (Fsp3) is 0. The zero-order valence-electron chi connectivity index (χ0n) is 32.1. The summed E-state index contributed by atoms with van der Waals surface area (Å²) in [6, 6.07) is 66.7. The molecule has 12 aromatic rings. The van der Waals surface area contributed by atoms with E-state index in [1.165, 1.54) is 5.39 Å². The van der Waals surface area contributed by atoms with E-state index in [0.29, 0.717) is 23.4 Å². The summed E-state index contributed by atoms with van der Waals surface area (Å²) in [7, 11) is 0.